The molecule has 0 aliphatic heterocycles. The summed E-state index contributed by atoms with van der Waals surface area (Å²) in [7, 11) is 0. The third-order valence-corrected chi connectivity index (χ3v) is 9.23. The van der Waals surface area contributed by atoms with E-state index in [-0.39, 0.29) is 11.4 Å². The highest BCUT2D eigenvalue weighted by molar-refractivity contribution is 6.31. The summed E-state index contributed by atoms with van der Waals surface area (Å²) in [5.74, 6) is 1.98. The van der Waals surface area contributed by atoms with Gasteiger partial charge in [-0.15, -0.1) is 0 Å². The molecule has 0 saturated carbocycles. The van der Waals surface area contributed by atoms with E-state index in [9.17, 15) is 35.9 Å². The molecule has 2 heterocycles. The van der Waals surface area contributed by atoms with Crippen LogP contribution >= 0.6 is 11.6 Å². The zero-order chi connectivity index (χ0) is 46.3. The maximum Gasteiger partial charge on any atom is 0.417 e. The van der Waals surface area contributed by atoms with E-state index < -0.39 is 40.6 Å². The minimum atomic E-state index is -4.63. The van der Waals surface area contributed by atoms with Crippen LogP contribution in [0.15, 0.2) is 140 Å². The first-order valence-electron chi connectivity index (χ1n) is 19.2. The lowest BCUT2D eigenvalue weighted by Crippen LogP contribution is -2.20. The fourth-order valence-electron chi connectivity index (χ4n) is 6.02. The van der Waals surface area contributed by atoms with Gasteiger partial charge in [0.25, 0.3) is 0 Å². The second-order valence-electron chi connectivity index (χ2n) is 14.0. The van der Waals surface area contributed by atoms with Crippen LogP contribution in [-0.4, -0.2) is 32.0 Å². The molecule has 0 fully saturated rings. The number of nitrogens with one attached hydrogen (secondary N) is 4. The highest BCUT2D eigenvalue weighted by Crippen LogP contribution is 2.37. The highest BCUT2D eigenvalue weighted by atomic mass is 35.5. The summed E-state index contributed by atoms with van der Waals surface area (Å²) in [4.78, 5) is 41.9. The predicted molar refractivity (Wildman–Crippen MR) is 235 cm³/mol. The summed E-state index contributed by atoms with van der Waals surface area (Å²) in [5, 5.41) is 9.44. The normalized spacial score (nSPS) is 11.3. The second kappa shape index (κ2) is 19.2. The standard InChI is InChI=1S/C23H16ClF3N4O2.C23H17F3N4O2/c1-13-12-28-20-8-6-17(11-21(20)29-13)33-16-4-2-3-14(9-16)30-22(32)31-15-5-7-19(24)18(10-15)23(25,26)27;1-14-13-27-20-9-8-19(12-21(20)28-14)32-18-7-3-6-17(11-18)30-22(31)29-16-5-2-4-15(10-16)23(24,25)26/h2-12H,1H3,(H2,30,31,32);2-13H,1H3,(H2,29,30,31). The molecule has 0 radical (unpaired) electrons. The summed E-state index contributed by atoms with van der Waals surface area (Å²) < 4.78 is 89.2. The number of aryl methyl sites for hydroxylation is 2. The molecule has 4 N–H and O–H groups in total. The fourth-order valence-corrected chi connectivity index (χ4v) is 6.25. The number of benzene rings is 6. The number of carbonyl (C=O) groups excluding carboxylic acids is 2. The minimum Gasteiger partial charge on any atom is -0.457 e. The topological polar surface area (TPSA) is 152 Å². The minimum absolute atomic E-state index is 0.0253. The molecular formula is C46H33ClF6N8O4. The van der Waals surface area contributed by atoms with Crippen LogP contribution < -0.4 is 30.7 Å². The zero-order valence-corrected chi connectivity index (χ0v) is 34.6. The molecule has 330 valence electrons. The molecule has 0 aliphatic carbocycles. The number of fused-ring (bicyclic) bond motifs is 2. The van der Waals surface area contributed by atoms with E-state index >= 15 is 0 Å². The third-order valence-electron chi connectivity index (χ3n) is 8.90. The Morgan fingerprint density at radius 3 is 1.38 bits per heavy atom. The van der Waals surface area contributed by atoms with Crippen LogP contribution in [0.25, 0.3) is 22.1 Å². The Morgan fingerprint density at radius 2 is 0.923 bits per heavy atom. The molecular weight excluding hydrogens is 878 g/mol. The van der Waals surface area contributed by atoms with Crippen molar-refractivity contribution in [2.24, 2.45) is 0 Å². The van der Waals surface area contributed by atoms with Crippen LogP contribution in [0.5, 0.6) is 23.0 Å². The molecule has 65 heavy (non-hydrogen) atoms. The van der Waals surface area contributed by atoms with Gasteiger partial charge in [0, 0.05) is 59.4 Å². The van der Waals surface area contributed by atoms with Gasteiger partial charge in [-0.2, -0.15) is 26.3 Å². The van der Waals surface area contributed by atoms with Crippen molar-refractivity contribution in [1.29, 1.82) is 0 Å². The molecule has 12 nitrogen and oxygen atoms in total. The number of alkyl halides is 6. The molecule has 0 saturated heterocycles. The van der Waals surface area contributed by atoms with Gasteiger partial charge in [0.1, 0.15) is 23.0 Å². The summed E-state index contributed by atoms with van der Waals surface area (Å²) in [5.41, 5.74) is 3.29. The van der Waals surface area contributed by atoms with Crippen molar-refractivity contribution in [3.05, 3.63) is 167 Å². The second-order valence-corrected chi connectivity index (χ2v) is 14.4. The van der Waals surface area contributed by atoms with Crippen LogP contribution in [0.1, 0.15) is 22.5 Å². The monoisotopic (exact) mass is 910 g/mol. The fraction of sp³-hybridized carbons (Fsp3) is 0.0870. The zero-order valence-electron chi connectivity index (χ0n) is 33.8. The van der Waals surface area contributed by atoms with Crippen LogP contribution in [0.3, 0.4) is 0 Å². The summed E-state index contributed by atoms with van der Waals surface area (Å²) in [6.07, 6.45) is -5.77. The van der Waals surface area contributed by atoms with E-state index in [2.05, 4.69) is 41.2 Å². The van der Waals surface area contributed by atoms with Crippen LogP contribution in [0, 0.1) is 13.8 Å². The van der Waals surface area contributed by atoms with Gasteiger partial charge in [0.15, 0.2) is 0 Å². The lowest BCUT2D eigenvalue weighted by molar-refractivity contribution is -0.138. The molecule has 19 heteroatoms. The lowest BCUT2D eigenvalue weighted by atomic mass is 10.2. The van der Waals surface area contributed by atoms with E-state index in [0.717, 1.165) is 46.7 Å². The number of hydrogen-bond donors (Lipinski definition) is 4. The van der Waals surface area contributed by atoms with Crippen molar-refractivity contribution in [2.45, 2.75) is 26.2 Å². The van der Waals surface area contributed by atoms with Gasteiger partial charge in [-0.25, -0.2) is 19.6 Å². The predicted octanol–water partition coefficient (Wildman–Crippen LogP) is 13.4. The number of carbonyl (C=O) groups is 2. The Balaban J connectivity index is 0.000000194. The van der Waals surface area contributed by atoms with Gasteiger partial charge in [-0.3, -0.25) is 9.97 Å². The Kier molecular flexibility index (Phi) is 13.3. The van der Waals surface area contributed by atoms with Crippen molar-refractivity contribution in [3.63, 3.8) is 0 Å². The first-order chi connectivity index (χ1) is 30.9. The van der Waals surface area contributed by atoms with Gasteiger partial charge in [0.05, 0.1) is 49.6 Å². The molecule has 0 atom stereocenters. The summed E-state index contributed by atoms with van der Waals surface area (Å²) in [6.45, 7) is 3.69. The quantitative estimate of drug-likeness (QED) is 0.110. The van der Waals surface area contributed by atoms with Crippen LogP contribution in [0.4, 0.5) is 58.7 Å². The molecule has 4 amide bonds. The number of anilines is 4. The van der Waals surface area contributed by atoms with Crippen molar-refractivity contribution in [3.8, 4) is 23.0 Å². The Bertz CT molecular complexity index is 3040. The number of amides is 4. The number of rotatable bonds is 8. The van der Waals surface area contributed by atoms with E-state index in [4.69, 9.17) is 21.1 Å². The summed E-state index contributed by atoms with van der Waals surface area (Å²) >= 11 is 5.60. The first kappa shape index (κ1) is 45.0. The Morgan fingerprint density at radius 1 is 0.492 bits per heavy atom. The maximum atomic E-state index is 13.0. The molecule has 0 aliphatic rings. The maximum absolute atomic E-state index is 13.0. The number of urea groups is 2. The molecule has 8 aromatic rings. The van der Waals surface area contributed by atoms with Crippen molar-refractivity contribution in [2.75, 3.05) is 21.3 Å². The average molecular weight is 911 g/mol. The Labute approximate surface area is 370 Å². The lowest BCUT2D eigenvalue weighted by Gasteiger charge is -2.13. The number of halogens is 7. The van der Waals surface area contributed by atoms with Crippen LogP contribution in [0.2, 0.25) is 5.02 Å². The number of nitrogens with zero attached hydrogens (tertiary/aromatic N) is 4. The van der Waals surface area contributed by atoms with Crippen molar-refractivity contribution >= 4 is 68.5 Å². The number of aromatic nitrogens is 4. The van der Waals surface area contributed by atoms with E-state index in [1.807, 2.05) is 13.8 Å². The van der Waals surface area contributed by atoms with Crippen molar-refractivity contribution < 1.29 is 45.4 Å². The smallest absolute Gasteiger partial charge is 0.417 e. The van der Waals surface area contributed by atoms with E-state index in [1.54, 1.807) is 97.3 Å². The summed E-state index contributed by atoms with van der Waals surface area (Å²) in [6, 6.07) is 29.9. The van der Waals surface area contributed by atoms with Gasteiger partial charge in [-0.05, 0) is 98.8 Å². The highest BCUT2D eigenvalue weighted by Gasteiger charge is 2.33. The molecule has 2 aromatic heterocycles. The van der Waals surface area contributed by atoms with Crippen LogP contribution in [-0.2, 0) is 12.4 Å². The van der Waals surface area contributed by atoms with E-state index in [1.165, 1.54) is 18.2 Å². The van der Waals surface area contributed by atoms with E-state index in [0.29, 0.717) is 45.4 Å². The van der Waals surface area contributed by atoms with Crippen molar-refractivity contribution in [1.82, 2.24) is 19.9 Å². The molecule has 0 unspecified atom stereocenters. The number of hydrogen-bond acceptors (Lipinski definition) is 8. The van der Waals surface area contributed by atoms with Gasteiger partial charge >= 0.3 is 24.4 Å². The first-order valence-corrected chi connectivity index (χ1v) is 19.5. The van der Waals surface area contributed by atoms with Gasteiger partial charge in [0.2, 0.25) is 0 Å². The largest absolute Gasteiger partial charge is 0.457 e. The molecule has 0 bridgehead atoms. The van der Waals surface area contributed by atoms with Gasteiger partial charge in [-0.1, -0.05) is 29.8 Å². The Hall–Kier alpha value is -7.99. The number of ether oxygens (including phenoxy) is 2. The molecule has 0 spiro atoms. The molecule has 8 rings (SSSR count). The average Bonchev–Trinajstić information content (AvgIpc) is 3.24. The SMILES string of the molecule is Cc1cnc2ccc(Oc3cccc(NC(=O)Nc4ccc(Cl)c(C(F)(F)F)c4)c3)cc2n1.Cc1cnc2ccc(Oc3cccc(NC(=O)Nc4cccc(C(F)(F)F)c4)c3)cc2n1. The molecule has 6 aromatic carbocycles. The van der Waals surface area contributed by atoms with Gasteiger partial charge < -0.3 is 30.7 Å². The third kappa shape index (κ3) is 12.4.